The number of rotatable bonds is 3. The number of amides is 1. The Balaban J connectivity index is 2.14. The molecule has 1 aliphatic heterocycles. The molecule has 1 amide bonds. The highest BCUT2D eigenvalue weighted by molar-refractivity contribution is 7.80. The summed E-state index contributed by atoms with van der Waals surface area (Å²) in [5.74, 6) is -0.293. The molecule has 0 spiro atoms. The number of carbonyl (C=O) groups excluding carboxylic acids is 1. The summed E-state index contributed by atoms with van der Waals surface area (Å²) in [6.07, 6.45) is 0.143. The smallest absolute Gasteiger partial charge is 0.412 e. The van der Waals surface area contributed by atoms with Crippen LogP contribution in [0.5, 0.6) is 0 Å². The summed E-state index contributed by atoms with van der Waals surface area (Å²) in [6.45, 7) is 9.58. The van der Waals surface area contributed by atoms with E-state index in [1.165, 1.54) is 12.1 Å². The first-order valence-corrected chi connectivity index (χ1v) is 8.61. The minimum Gasteiger partial charge on any atom is -0.444 e. The number of carbonyl (C=O) groups is 1. The van der Waals surface area contributed by atoms with Gasteiger partial charge in [0.15, 0.2) is 0 Å². The van der Waals surface area contributed by atoms with E-state index in [0.29, 0.717) is 13.0 Å². The summed E-state index contributed by atoms with van der Waals surface area (Å²) in [4.78, 5) is 14.2. The van der Waals surface area contributed by atoms with Gasteiger partial charge in [-0.15, -0.1) is 0 Å². The van der Waals surface area contributed by atoms with Gasteiger partial charge in [0.2, 0.25) is 0 Å². The fraction of sp³-hybridized carbons (Fsp3) is 0.611. The summed E-state index contributed by atoms with van der Waals surface area (Å²) in [5.41, 5.74) is -0.543. The van der Waals surface area contributed by atoms with Gasteiger partial charge in [0.1, 0.15) is 17.1 Å². The van der Waals surface area contributed by atoms with Crippen molar-refractivity contribution >= 4 is 18.7 Å². The maximum atomic E-state index is 13.4. The second kappa shape index (κ2) is 6.92. The summed E-state index contributed by atoms with van der Waals surface area (Å²) >= 11 is 4.59. The van der Waals surface area contributed by atoms with Crippen LogP contribution < -0.4 is 0 Å². The number of thiol groups is 1. The predicted octanol–water partition coefficient (Wildman–Crippen LogP) is 4.56. The normalized spacial score (nSPS) is 21.6. The summed E-state index contributed by atoms with van der Waals surface area (Å²) in [6, 6.07) is 6.18. The monoisotopic (exact) mass is 355 g/mol. The molecule has 1 aromatic rings. The number of hydrogen-bond donors (Lipinski definition) is 1. The molecule has 0 N–H and O–H groups in total. The molecular formula is C18H26FNO3S. The third kappa shape index (κ3) is 4.63. The van der Waals surface area contributed by atoms with Crippen molar-refractivity contribution in [3.8, 4) is 0 Å². The zero-order valence-electron chi connectivity index (χ0n) is 14.9. The van der Waals surface area contributed by atoms with Gasteiger partial charge in [-0.05, 0) is 58.7 Å². The van der Waals surface area contributed by atoms with Gasteiger partial charge < -0.3 is 9.47 Å². The maximum absolute atomic E-state index is 13.4. The van der Waals surface area contributed by atoms with Crippen LogP contribution in [-0.2, 0) is 9.47 Å². The van der Waals surface area contributed by atoms with E-state index < -0.39 is 17.4 Å². The Kier molecular flexibility index (Phi) is 5.50. The van der Waals surface area contributed by atoms with Crippen LogP contribution in [-0.4, -0.2) is 35.0 Å². The molecule has 6 heteroatoms. The molecule has 0 aromatic heterocycles. The predicted molar refractivity (Wildman–Crippen MR) is 94.6 cm³/mol. The average Bonchev–Trinajstić information content (AvgIpc) is 2.71. The van der Waals surface area contributed by atoms with Gasteiger partial charge in [-0.1, -0.05) is 12.1 Å². The molecule has 0 unspecified atom stereocenters. The van der Waals surface area contributed by atoms with Crippen molar-refractivity contribution in [2.45, 2.75) is 63.7 Å². The average molecular weight is 355 g/mol. The van der Waals surface area contributed by atoms with Crippen LogP contribution in [0.3, 0.4) is 0 Å². The molecule has 0 aliphatic carbocycles. The molecule has 0 radical (unpaired) electrons. The number of ether oxygens (including phenoxy) is 2. The molecule has 134 valence electrons. The number of nitrogens with zero attached hydrogens (tertiary/aromatic N) is 1. The van der Waals surface area contributed by atoms with E-state index in [1.54, 1.807) is 11.0 Å². The van der Waals surface area contributed by atoms with Crippen molar-refractivity contribution < 1.29 is 18.7 Å². The van der Waals surface area contributed by atoms with E-state index in [4.69, 9.17) is 9.47 Å². The van der Waals surface area contributed by atoms with Gasteiger partial charge >= 0.3 is 6.09 Å². The molecule has 4 nitrogen and oxygen atoms in total. The van der Waals surface area contributed by atoms with Gasteiger partial charge in [0.05, 0.1) is 12.6 Å². The first kappa shape index (κ1) is 19.1. The van der Waals surface area contributed by atoms with Crippen molar-refractivity contribution in [2.24, 2.45) is 0 Å². The minimum atomic E-state index is -0.748. The molecule has 1 saturated heterocycles. The highest BCUT2D eigenvalue weighted by Crippen LogP contribution is 2.35. The molecule has 2 rings (SSSR count). The van der Waals surface area contributed by atoms with E-state index in [1.807, 2.05) is 40.7 Å². The Labute approximate surface area is 148 Å². The lowest BCUT2D eigenvalue weighted by molar-refractivity contribution is -0.0626. The van der Waals surface area contributed by atoms with Crippen LogP contribution in [0.2, 0.25) is 0 Å². The van der Waals surface area contributed by atoms with E-state index in [2.05, 4.69) is 12.6 Å². The number of halogens is 1. The summed E-state index contributed by atoms with van der Waals surface area (Å²) < 4.78 is 24.7. The zero-order chi connectivity index (χ0) is 18.1. The van der Waals surface area contributed by atoms with Gasteiger partial charge in [-0.3, -0.25) is 4.90 Å². The van der Waals surface area contributed by atoms with Gasteiger partial charge in [0, 0.05) is 5.25 Å². The topological polar surface area (TPSA) is 38.8 Å². The zero-order valence-corrected chi connectivity index (χ0v) is 15.8. The fourth-order valence-electron chi connectivity index (χ4n) is 2.85. The lowest BCUT2D eigenvalue weighted by Gasteiger charge is -2.35. The van der Waals surface area contributed by atoms with Gasteiger partial charge in [-0.2, -0.15) is 12.6 Å². The van der Waals surface area contributed by atoms with Crippen molar-refractivity contribution in [1.82, 2.24) is 4.90 Å². The second-order valence-corrected chi connectivity index (χ2v) is 8.19. The standard InChI is InChI=1S/C18H26FNO3S/c1-17(2,3)23-16(21)20-14(11-22-18(20,4)5)10-15(24)12-7-6-8-13(19)9-12/h6-9,14-15,24H,10-11H2,1-5H3/t14-,15+/m0/s1. The quantitative estimate of drug-likeness (QED) is 0.808. The first-order valence-electron chi connectivity index (χ1n) is 8.09. The van der Waals surface area contributed by atoms with E-state index in [0.717, 1.165) is 5.56 Å². The van der Waals surface area contributed by atoms with Gasteiger partial charge in [-0.25, -0.2) is 9.18 Å². The third-order valence-electron chi connectivity index (χ3n) is 3.89. The van der Waals surface area contributed by atoms with Crippen LogP contribution >= 0.6 is 12.6 Å². The second-order valence-electron chi connectivity index (χ2n) is 7.57. The van der Waals surface area contributed by atoms with Crippen LogP contribution in [0.15, 0.2) is 24.3 Å². The fourth-order valence-corrected chi connectivity index (χ4v) is 3.25. The van der Waals surface area contributed by atoms with Crippen LogP contribution in [0.1, 0.15) is 51.9 Å². The Morgan fingerprint density at radius 1 is 1.50 bits per heavy atom. The SMILES string of the molecule is CC(C)(C)OC(=O)N1[C@@H](C[C@@H](S)c2cccc(F)c2)COC1(C)C. The lowest BCUT2D eigenvalue weighted by atomic mass is 10.0. The highest BCUT2D eigenvalue weighted by atomic mass is 32.1. The Bertz CT molecular complexity index is 600. The maximum Gasteiger partial charge on any atom is 0.412 e. The van der Waals surface area contributed by atoms with Gasteiger partial charge in [0.25, 0.3) is 0 Å². The molecule has 1 aliphatic rings. The van der Waals surface area contributed by atoms with Crippen LogP contribution in [0.4, 0.5) is 9.18 Å². The first-order chi connectivity index (χ1) is 11.0. The molecular weight excluding hydrogens is 329 g/mol. The molecule has 24 heavy (non-hydrogen) atoms. The largest absolute Gasteiger partial charge is 0.444 e. The molecule has 0 saturated carbocycles. The molecule has 1 fully saturated rings. The Morgan fingerprint density at radius 2 is 2.17 bits per heavy atom. The van der Waals surface area contributed by atoms with E-state index >= 15 is 0 Å². The molecule has 0 bridgehead atoms. The van der Waals surface area contributed by atoms with Crippen molar-refractivity contribution in [3.05, 3.63) is 35.6 Å². The molecule has 2 atom stereocenters. The summed E-state index contributed by atoms with van der Waals surface area (Å²) in [7, 11) is 0. The van der Waals surface area contributed by atoms with Crippen LogP contribution in [0.25, 0.3) is 0 Å². The van der Waals surface area contributed by atoms with E-state index in [-0.39, 0.29) is 17.1 Å². The highest BCUT2D eigenvalue weighted by Gasteiger charge is 2.46. The number of hydrogen-bond acceptors (Lipinski definition) is 4. The number of benzene rings is 1. The molecule has 1 heterocycles. The Hall–Kier alpha value is -1.27. The Morgan fingerprint density at radius 3 is 2.75 bits per heavy atom. The van der Waals surface area contributed by atoms with E-state index in [9.17, 15) is 9.18 Å². The molecule has 1 aromatic carbocycles. The third-order valence-corrected chi connectivity index (χ3v) is 4.40. The van der Waals surface area contributed by atoms with Crippen molar-refractivity contribution in [3.63, 3.8) is 0 Å². The van der Waals surface area contributed by atoms with Crippen molar-refractivity contribution in [2.75, 3.05) is 6.61 Å². The lowest BCUT2D eigenvalue weighted by Crippen LogP contribution is -2.50. The van der Waals surface area contributed by atoms with Crippen LogP contribution in [0, 0.1) is 5.82 Å². The minimum absolute atomic E-state index is 0.180. The van der Waals surface area contributed by atoms with Crippen molar-refractivity contribution in [1.29, 1.82) is 0 Å². The summed E-state index contributed by atoms with van der Waals surface area (Å²) in [5, 5.41) is -0.201.